The second kappa shape index (κ2) is 13.1. The molecule has 1 aliphatic heterocycles. The van der Waals surface area contributed by atoms with Gasteiger partial charge in [0.1, 0.15) is 16.8 Å². The first kappa shape index (κ1) is 29.5. The van der Waals surface area contributed by atoms with E-state index in [2.05, 4.69) is 9.71 Å². The van der Waals surface area contributed by atoms with Gasteiger partial charge in [-0.15, -0.1) is 0 Å². The van der Waals surface area contributed by atoms with Gasteiger partial charge in [-0.25, -0.2) is 14.0 Å². The third kappa shape index (κ3) is 7.07. The first-order valence-electron chi connectivity index (χ1n) is 12.3. The van der Waals surface area contributed by atoms with E-state index in [1.165, 1.54) is 25.3 Å². The fraction of sp³-hybridized carbons (Fsp3) is 0.440. The number of nitrogens with one attached hydrogen (secondary N) is 3. The average Bonchev–Trinajstić information content (AvgIpc) is 2.92. The molecule has 1 saturated heterocycles. The van der Waals surface area contributed by atoms with Crippen LogP contribution in [0.15, 0.2) is 24.4 Å². The number of pyridine rings is 1. The number of ether oxygens (including phenoxy) is 3. The monoisotopic (exact) mass is 560 g/mol. The molecule has 5 N–H and O–H groups in total. The molecule has 3 rings (SSSR count). The molecule has 1 unspecified atom stereocenters. The Morgan fingerprint density at radius 1 is 1.13 bits per heavy atom. The molecule has 0 spiro atoms. The number of piperazine rings is 1. The van der Waals surface area contributed by atoms with Gasteiger partial charge in [-0.3, -0.25) is 10.8 Å². The zero-order chi connectivity index (χ0) is 28.7. The van der Waals surface area contributed by atoms with Crippen LogP contribution in [0.4, 0.5) is 16.3 Å². The highest BCUT2D eigenvalue weighted by Crippen LogP contribution is 2.41. The van der Waals surface area contributed by atoms with Gasteiger partial charge in [0.25, 0.3) is 6.02 Å². The fourth-order valence-corrected chi connectivity index (χ4v) is 4.86. The Hall–Kier alpha value is -4.07. The van der Waals surface area contributed by atoms with E-state index in [4.69, 9.17) is 30.8 Å². The second-order valence-corrected chi connectivity index (χ2v) is 10.3. The Morgan fingerprint density at radius 3 is 2.38 bits per heavy atom. The molecule has 0 saturated carbocycles. The molecule has 0 radical (unpaired) electrons. The van der Waals surface area contributed by atoms with E-state index in [0.717, 1.165) is 6.42 Å². The Kier molecular flexibility index (Phi) is 9.93. The number of urea groups is 1. The minimum absolute atomic E-state index is 0.0829. The molecule has 1 atom stereocenters. The lowest BCUT2D eigenvalue weighted by Gasteiger charge is -2.36. The van der Waals surface area contributed by atoms with Crippen molar-refractivity contribution in [3.63, 3.8) is 0 Å². The molecule has 212 valence electrons. The van der Waals surface area contributed by atoms with Crippen molar-refractivity contribution in [1.29, 1.82) is 10.8 Å². The van der Waals surface area contributed by atoms with Crippen LogP contribution in [-0.4, -0.2) is 102 Å². The number of benzene rings is 1. The quantitative estimate of drug-likeness (QED) is 0.282. The maximum absolute atomic E-state index is 12.4. The van der Waals surface area contributed by atoms with Crippen molar-refractivity contribution in [3.05, 3.63) is 30.0 Å². The van der Waals surface area contributed by atoms with Gasteiger partial charge in [0, 0.05) is 57.8 Å². The van der Waals surface area contributed by atoms with Crippen LogP contribution < -0.4 is 19.9 Å². The molecule has 1 aromatic heterocycles. The number of carbonyl (C=O) groups excluding carboxylic acids is 1. The Balaban J connectivity index is 1.81. The van der Waals surface area contributed by atoms with Crippen molar-refractivity contribution >= 4 is 40.4 Å². The van der Waals surface area contributed by atoms with Crippen LogP contribution >= 0.6 is 0 Å². The number of hydrogen-bond donors (Lipinski definition) is 4. The van der Waals surface area contributed by atoms with Gasteiger partial charge in [-0.1, -0.05) is 6.92 Å². The van der Waals surface area contributed by atoms with E-state index in [0.29, 0.717) is 65.8 Å². The molecule has 13 nitrogen and oxygen atoms in total. The first-order chi connectivity index (χ1) is 18.6. The summed E-state index contributed by atoms with van der Waals surface area (Å²) in [6.07, 6.45) is 2.14. The van der Waals surface area contributed by atoms with Crippen molar-refractivity contribution in [2.75, 3.05) is 70.7 Å². The van der Waals surface area contributed by atoms with Crippen LogP contribution in [-0.2, 0) is 15.7 Å². The van der Waals surface area contributed by atoms with Crippen LogP contribution in [0.1, 0.15) is 18.9 Å². The standard InChI is InChI=1S/C25H36N8O5S/c1-6-11-39(35)30-19-13-16(14-20(36-4)21(19)37-5)18-12-17(15-29-22(18)26)23(27)38-24(28)32-7-9-33(10-8-32)25(34)31(2)3/h12-15,27-28,30H,6-11H2,1-5H3,(H2,26,29). The van der Waals surface area contributed by atoms with Crippen molar-refractivity contribution in [3.8, 4) is 22.6 Å². The predicted octanol–water partition coefficient (Wildman–Crippen LogP) is 2.41. The first-order valence-corrected chi connectivity index (χ1v) is 13.6. The number of amides is 2. The second-order valence-electron chi connectivity index (χ2n) is 8.96. The van der Waals surface area contributed by atoms with Gasteiger partial charge >= 0.3 is 6.03 Å². The van der Waals surface area contributed by atoms with Gasteiger partial charge in [-0.2, -0.15) is 0 Å². The maximum Gasteiger partial charge on any atom is 0.319 e. The Bertz CT molecular complexity index is 1250. The lowest BCUT2D eigenvalue weighted by Crippen LogP contribution is -2.53. The van der Waals surface area contributed by atoms with Gasteiger partial charge in [0.2, 0.25) is 5.90 Å². The van der Waals surface area contributed by atoms with E-state index < -0.39 is 11.0 Å². The molecule has 1 fully saturated rings. The number of anilines is 2. The molecular weight excluding hydrogens is 524 g/mol. The topological polar surface area (TPSA) is 170 Å². The Labute approximate surface area is 230 Å². The number of nitrogens with two attached hydrogens (primary N) is 1. The molecular formula is C25H36N8O5S. The van der Waals surface area contributed by atoms with Crippen molar-refractivity contribution in [2.45, 2.75) is 13.3 Å². The summed E-state index contributed by atoms with van der Waals surface area (Å²) in [4.78, 5) is 21.3. The maximum atomic E-state index is 12.4. The lowest BCUT2D eigenvalue weighted by molar-refractivity contribution is 0.141. The zero-order valence-electron chi connectivity index (χ0n) is 22.9. The summed E-state index contributed by atoms with van der Waals surface area (Å²) in [7, 11) is 5.06. The number of nitrogens with zero attached hydrogens (tertiary/aromatic N) is 4. The molecule has 1 aromatic carbocycles. The number of methoxy groups -OCH3 is 2. The van der Waals surface area contributed by atoms with Crippen LogP contribution in [0.5, 0.6) is 11.5 Å². The molecule has 14 heteroatoms. The van der Waals surface area contributed by atoms with Gasteiger partial charge in [0.15, 0.2) is 11.5 Å². The summed E-state index contributed by atoms with van der Waals surface area (Å²) in [5, 5.41) is 16.8. The van der Waals surface area contributed by atoms with Gasteiger partial charge in [0.05, 0.1) is 25.5 Å². The van der Waals surface area contributed by atoms with Crippen LogP contribution in [0.2, 0.25) is 0 Å². The van der Waals surface area contributed by atoms with E-state index in [1.54, 1.807) is 42.1 Å². The zero-order valence-corrected chi connectivity index (χ0v) is 23.7. The van der Waals surface area contributed by atoms with Crippen molar-refractivity contribution in [2.24, 2.45) is 0 Å². The highest BCUT2D eigenvalue weighted by Gasteiger charge is 2.25. The smallest absolute Gasteiger partial charge is 0.319 e. The van der Waals surface area contributed by atoms with Crippen LogP contribution in [0.25, 0.3) is 11.1 Å². The highest BCUT2D eigenvalue weighted by atomic mass is 32.2. The fourth-order valence-electron chi connectivity index (χ4n) is 3.99. The normalized spacial score (nSPS) is 13.9. The predicted molar refractivity (Wildman–Crippen MR) is 152 cm³/mol. The van der Waals surface area contributed by atoms with Crippen LogP contribution in [0, 0.1) is 10.8 Å². The minimum Gasteiger partial charge on any atom is -0.493 e. The third-order valence-electron chi connectivity index (χ3n) is 6.00. The summed E-state index contributed by atoms with van der Waals surface area (Å²) in [6.45, 7) is 3.66. The number of nitrogen functional groups attached to an aromatic ring is 1. The van der Waals surface area contributed by atoms with Crippen LogP contribution in [0.3, 0.4) is 0 Å². The molecule has 2 amide bonds. The molecule has 1 aliphatic rings. The molecule has 39 heavy (non-hydrogen) atoms. The largest absolute Gasteiger partial charge is 0.493 e. The van der Waals surface area contributed by atoms with E-state index in [1.807, 2.05) is 6.92 Å². The number of carbonyl (C=O) groups is 1. The average molecular weight is 561 g/mol. The molecule has 2 heterocycles. The summed E-state index contributed by atoms with van der Waals surface area (Å²) in [5.41, 5.74) is 8.06. The van der Waals surface area contributed by atoms with E-state index >= 15 is 0 Å². The molecule has 0 bridgehead atoms. The number of aromatic nitrogens is 1. The summed E-state index contributed by atoms with van der Waals surface area (Å²) < 4.78 is 31.9. The number of hydrogen-bond acceptors (Lipinski definition) is 9. The SMILES string of the molecule is CCCS(=O)Nc1cc(-c2cc(C(=N)OC(=N)N3CCN(C(=O)N(C)C)CC3)cnc2N)cc(OC)c1OC. The summed E-state index contributed by atoms with van der Waals surface area (Å²) >= 11 is 0. The van der Waals surface area contributed by atoms with Gasteiger partial charge in [-0.05, 0) is 30.2 Å². The van der Waals surface area contributed by atoms with Gasteiger partial charge < -0.3 is 39.4 Å². The Morgan fingerprint density at radius 2 is 1.79 bits per heavy atom. The summed E-state index contributed by atoms with van der Waals surface area (Å²) in [6, 6.07) is 4.81. The number of rotatable bonds is 8. The number of amidine groups is 1. The van der Waals surface area contributed by atoms with E-state index in [-0.39, 0.29) is 23.8 Å². The highest BCUT2D eigenvalue weighted by molar-refractivity contribution is 7.86. The minimum atomic E-state index is -1.33. The van der Waals surface area contributed by atoms with Crippen molar-refractivity contribution in [1.82, 2.24) is 19.7 Å². The summed E-state index contributed by atoms with van der Waals surface area (Å²) in [5.74, 6) is 1.18. The molecule has 2 aromatic rings. The lowest BCUT2D eigenvalue weighted by atomic mass is 10.0. The van der Waals surface area contributed by atoms with E-state index in [9.17, 15) is 9.00 Å². The van der Waals surface area contributed by atoms with Crippen molar-refractivity contribution < 1.29 is 23.2 Å². The molecule has 0 aliphatic carbocycles. The third-order valence-corrected chi connectivity index (χ3v) is 7.23.